The van der Waals surface area contributed by atoms with Crippen molar-refractivity contribution in [1.82, 2.24) is 15.1 Å². The van der Waals surface area contributed by atoms with E-state index < -0.39 is 11.8 Å². The van der Waals surface area contributed by atoms with Crippen molar-refractivity contribution in [2.75, 3.05) is 41.3 Å². The van der Waals surface area contributed by atoms with Gasteiger partial charge in [0.2, 0.25) is 0 Å². The average molecular weight is 543 g/mol. The van der Waals surface area contributed by atoms with Crippen molar-refractivity contribution in [2.24, 2.45) is 11.8 Å². The lowest BCUT2D eigenvalue weighted by molar-refractivity contribution is -0.140. The van der Waals surface area contributed by atoms with Crippen LogP contribution in [0.4, 0.5) is 0 Å². The lowest BCUT2D eigenvalue weighted by Crippen LogP contribution is -2.50. The minimum Gasteiger partial charge on any atom is -0.381 e. The first-order chi connectivity index (χ1) is 17.5. The standard InChI is InChI=1S/C29H33Cl2N3O3/c1-33(2)23(13-19-5-9-21(30)10-6-19)15-27(35)25-17-32-18-26(29(25)37)28(36)16-24(34(3)4)14-20-7-11-22(31)12-8-20/h5-14,25-26,32H,15-18H2,1-4H3/b23-13+,24-14+. The Balaban J connectivity index is 1.72. The number of allylic oxidation sites excluding steroid dienone is 2. The lowest BCUT2D eigenvalue weighted by Gasteiger charge is -2.29. The third-order valence-electron chi connectivity index (χ3n) is 6.43. The van der Waals surface area contributed by atoms with Gasteiger partial charge in [-0.15, -0.1) is 0 Å². The Morgan fingerprint density at radius 1 is 0.757 bits per heavy atom. The number of halogens is 2. The van der Waals surface area contributed by atoms with Crippen molar-refractivity contribution in [1.29, 1.82) is 0 Å². The molecular formula is C29H33Cl2N3O3. The molecule has 1 fully saturated rings. The Kier molecular flexibility index (Phi) is 10.1. The van der Waals surface area contributed by atoms with Crippen LogP contribution in [0.15, 0.2) is 59.9 Å². The minimum atomic E-state index is -0.862. The highest BCUT2D eigenvalue weighted by atomic mass is 35.5. The molecule has 1 aliphatic rings. The van der Waals surface area contributed by atoms with Gasteiger partial charge in [0.15, 0.2) is 5.78 Å². The number of Topliss-reactive ketones (excluding diaryl/α,β-unsaturated/α-hetero) is 3. The van der Waals surface area contributed by atoms with E-state index in [0.29, 0.717) is 10.0 Å². The Bertz CT molecular complexity index is 1090. The van der Waals surface area contributed by atoms with E-state index in [4.69, 9.17) is 23.2 Å². The number of hydrogen-bond donors (Lipinski definition) is 1. The molecule has 3 rings (SSSR count). The topological polar surface area (TPSA) is 69.7 Å². The second kappa shape index (κ2) is 13.0. The van der Waals surface area contributed by atoms with Crippen molar-refractivity contribution in [2.45, 2.75) is 12.8 Å². The van der Waals surface area contributed by atoms with Gasteiger partial charge in [-0.2, -0.15) is 0 Å². The van der Waals surface area contributed by atoms with Crippen LogP contribution >= 0.6 is 23.2 Å². The van der Waals surface area contributed by atoms with Crippen LogP contribution in [0, 0.1) is 11.8 Å². The van der Waals surface area contributed by atoms with Gasteiger partial charge in [0.1, 0.15) is 11.6 Å². The van der Waals surface area contributed by atoms with Gasteiger partial charge in [-0.05, 0) is 47.5 Å². The fourth-order valence-corrected chi connectivity index (χ4v) is 4.40. The highest BCUT2D eigenvalue weighted by Gasteiger charge is 2.39. The molecule has 1 heterocycles. The van der Waals surface area contributed by atoms with Crippen molar-refractivity contribution in [3.05, 3.63) is 81.1 Å². The Morgan fingerprint density at radius 3 is 1.43 bits per heavy atom. The number of hydrogen-bond acceptors (Lipinski definition) is 6. The summed E-state index contributed by atoms with van der Waals surface area (Å²) in [5, 5.41) is 4.40. The van der Waals surface area contributed by atoms with Crippen LogP contribution in [0.25, 0.3) is 12.2 Å². The van der Waals surface area contributed by atoms with E-state index in [1.54, 1.807) is 24.3 Å². The predicted octanol–water partition coefficient (Wildman–Crippen LogP) is 4.82. The number of nitrogens with zero attached hydrogens (tertiary/aromatic N) is 2. The molecule has 196 valence electrons. The van der Waals surface area contributed by atoms with Crippen LogP contribution < -0.4 is 5.32 Å². The van der Waals surface area contributed by atoms with E-state index in [9.17, 15) is 14.4 Å². The number of ketones is 3. The molecule has 0 aromatic heterocycles. The van der Waals surface area contributed by atoms with Gasteiger partial charge in [-0.25, -0.2) is 0 Å². The van der Waals surface area contributed by atoms with Crippen LogP contribution in [0.3, 0.4) is 0 Å². The average Bonchev–Trinajstić information content (AvgIpc) is 2.85. The van der Waals surface area contributed by atoms with Crippen molar-refractivity contribution in [3.8, 4) is 0 Å². The summed E-state index contributed by atoms with van der Waals surface area (Å²) in [6, 6.07) is 14.6. The first-order valence-electron chi connectivity index (χ1n) is 12.1. The third kappa shape index (κ3) is 8.03. The maximum absolute atomic E-state index is 13.3. The number of carbonyl (C=O) groups excluding carboxylic acids is 3. The van der Waals surface area contributed by atoms with Gasteiger partial charge in [0.05, 0.1) is 11.8 Å². The Hall–Kier alpha value is -2.93. The van der Waals surface area contributed by atoms with E-state index in [0.717, 1.165) is 22.5 Å². The van der Waals surface area contributed by atoms with Gasteiger partial charge in [-0.1, -0.05) is 47.5 Å². The van der Waals surface area contributed by atoms with Crippen molar-refractivity contribution < 1.29 is 14.4 Å². The molecule has 1 N–H and O–H groups in total. The molecule has 0 bridgehead atoms. The molecule has 0 spiro atoms. The molecule has 6 nitrogen and oxygen atoms in total. The van der Waals surface area contributed by atoms with E-state index in [-0.39, 0.29) is 43.3 Å². The van der Waals surface area contributed by atoms with Gasteiger partial charge in [-0.3, -0.25) is 14.4 Å². The van der Waals surface area contributed by atoms with Crippen LogP contribution in [-0.4, -0.2) is 68.4 Å². The number of rotatable bonds is 10. The van der Waals surface area contributed by atoms with Crippen LogP contribution in [0.1, 0.15) is 24.0 Å². The summed E-state index contributed by atoms with van der Waals surface area (Å²) in [5.74, 6) is -2.43. The van der Waals surface area contributed by atoms with E-state index in [1.165, 1.54) is 0 Å². The molecule has 0 saturated carbocycles. The molecular weight excluding hydrogens is 509 g/mol. The molecule has 1 aliphatic heterocycles. The number of carbonyl (C=O) groups is 3. The molecule has 2 atom stereocenters. The second-order valence-electron chi connectivity index (χ2n) is 9.62. The van der Waals surface area contributed by atoms with Crippen LogP contribution in [0.5, 0.6) is 0 Å². The maximum Gasteiger partial charge on any atom is 0.156 e. The van der Waals surface area contributed by atoms with Crippen LogP contribution in [0.2, 0.25) is 10.0 Å². The van der Waals surface area contributed by atoms with E-state index in [1.807, 2.05) is 74.4 Å². The number of benzene rings is 2. The molecule has 2 unspecified atom stereocenters. The molecule has 2 aromatic rings. The van der Waals surface area contributed by atoms with Crippen molar-refractivity contribution >= 4 is 52.7 Å². The Morgan fingerprint density at radius 2 is 1.11 bits per heavy atom. The zero-order chi connectivity index (χ0) is 27.1. The van der Waals surface area contributed by atoms with E-state index >= 15 is 0 Å². The quantitative estimate of drug-likeness (QED) is 0.435. The lowest BCUT2D eigenvalue weighted by atomic mass is 9.81. The molecule has 37 heavy (non-hydrogen) atoms. The summed E-state index contributed by atoms with van der Waals surface area (Å²) >= 11 is 12.0. The summed E-state index contributed by atoms with van der Waals surface area (Å²) in [4.78, 5) is 43.5. The largest absolute Gasteiger partial charge is 0.381 e. The van der Waals surface area contributed by atoms with Gasteiger partial charge >= 0.3 is 0 Å². The smallest absolute Gasteiger partial charge is 0.156 e. The second-order valence-corrected chi connectivity index (χ2v) is 10.5. The maximum atomic E-state index is 13.3. The molecule has 2 aromatic carbocycles. The highest BCUT2D eigenvalue weighted by Crippen LogP contribution is 2.23. The SMILES string of the molecule is CN(C)/C(=C/c1ccc(Cl)cc1)CC(=O)C1CNCC(C(=O)C/C(=C\c2ccc(Cl)cc2)N(C)C)C1=O. The summed E-state index contributed by atoms with van der Waals surface area (Å²) in [7, 11) is 7.44. The van der Waals surface area contributed by atoms with Crippen LogP contribution in [-0.2, 0) is 14.4 Å². The van der Waals surface area contributed by atoms with Gasteiger partial charge < -0.3 is 15.1 Å². The fourth-order valence-electron chi connectivity index (χ4n) is 4.14. The molecule has 1 saturated heterocycles. The van der Waals surface area contributed by atoms with Crippen molar-refractivity contribution in [3.63, 3.8) is 0 Å². The third-order valence-corrected chi connectivity index (χ3v) is 6.93. The minimum absolute atomic E-state index is 0.0913. The van der Waals surface area contributed by atoms with E-state index in [2.05, 4.69) is 5.32 Å². The Labute approximate surface area is 228 Å². The number of nitrogens with one attached hydrogen (secondary N) is 1. The van der Waals surface area contributed by atoms with Gasteiger partial charge in [0.25, 0.3) is 0 Å². The molecule has 0 amide bonds. The zero-order valence-corrected chi connectivity index (χ0v) is 23.1. The molecule has 0 radical (unpaired) electrons. The normalized spacial score (nSPS) is 18.5. The van der Waals surface area contributed by atoms with Gasteiger partial charge in [0, 0.05) is 75.6 Å². The molecule has 8 heteroatoms. The summed E-state index contributed by atoms with van der Waals surface area (Å²) in [5.41, 5.74) is 3.36. The first kappa shape index (κ1) is 28.6. The monoisotopic (exact) mass is 541 g/mol. The number of piperidine rings is 1. The molecule has 0 aliphatic carbocycles. The summed E-state index contributed by atoms with van der Waals surface area (Å²) in [6.07, 6.45) is 3.99. The first-order valence-corrected chi connectivity index (χ1v) is 12.9. The zero-order valence-electron chi connectivity index (χ0n) is 21.6. The summed E-state index contributed by atoms with van der Waals surface area (Å²) in [6.45, 7) is 0.481. The fraction of sp³-hybridized carbons (Fsp3) is 0.345. The summed E-state index contributed by atoms with van der Waals surface area (Å²) < 4.78 is 0. The highest BCUT2D eigenvalue weighted by molar-refractivity contribution is 6.30. The predicted molar refractivity (Wildman–Crippen MR) is 150 cm³/mol.